The van der Waals surface area contributed by atoms with Crippen LogP contribution in [0, 0.1) is 0 Å². The number of ether oxygens (including phenoxy) is 1. The second kappa shape index (κ2) is 9.73. The summed E-state index contributed by atoms with van der Waals surface area (Å²) in [5.41, 5.74) is 1.10. The third-order valence-corrected chi connectivity index (χ3v) is 4.66. The molecule has 0 bridgehead atoms. The fourth-order valence-corrected chi connectivity index (χ4v) is 3.00. The van der Waals surface area contributed by atoms with Crippen molar-refractivity contribution >= 4 is 29.4 Å². The number of esters is 1. The van der Waals surface area contributed by atoms with Gasteiger partial charge in [-0.1, -0.05) is 0 Å². The number of nitrogens with zero attached hydrogens (tertiary/aromatic N) is 2. The molecule has 1 aliphatic rings. The van der Waals surface area contributed by atoms with Crippen molar-refractivity contribution in [3.8, 4) is 0 Å². The van der Waals surface area contributed by atoms with Gasteiger partial charge in [0.05, 0.1) is 12.8 Å². The zero-order chi connectivity index (χ0) is 21.5. The summed E-state index contributed by atoms with van der Waals surface area (Å²) >= 11 is 0. The van der Waals surface area contributed by atoms with Crippen molar-refractivity contribution in [2.45, 2.75) is 19.4 Å². The molecule has 3 rings (SSSR count). The second-order valence-electron chi connectivity index (χ2n) is 6.87. The van der Waals surface area contributed by atoms with Crippen LogP contribution in [0.1, 0.15) is 29.0 Å². The molecule has 9 nitrogen and oxygen atoms in total. The third kappa shape index (κ3) is 5.47. The number of carbonyl (C=O) groups is 4. The molecule has 30 heavy (non-hydrogen) atoms. The van der Waals surface area contributed by atoms with Crippen molar-refractivity contribution < 1.29 is 28.3 Å². The van der Waals surface area contributed by atoms with Crippen LogP contribution >= 0.6 is 0 Å². The van der Waals surface area contributed by atoms with Gasteiger partial charge in [0.2, 0.25) is 5.91 Å². The number of anilines is 1. The Bertz CT molecular complexity index is 907. The molecule has 0 radical (unpaired) electrons. The molecule has 158 valence electrons. The summed E-state index contributed by atoms with van der Waals surface area (Å²) in [6.07, 6.45) is 2.87. The van der Waals surface area contributed by atoms with E-state index < -0.39 is 24.4 Å². The van der Waals surface area contributed by atoms with Crippen LogP contribution in [-0.4, -0.2) is 55.3 Å². The Morgan fingerprint density at radius 3 is 2.60 bits per heavy atom. The Morgan fingerprint density at radius 2 is 1.97 bits per heavy atom. The molecule has 0 aliphatic carbocycles. The van der Waals surface area contributed by atoms with E-state index >= 15 is 0 Å². The van der Waals surface area contributed by atoms with Crippen LogP contribution in [0.5, 0.6) is 0 Å². The number of amides is 3. The molecule has 1 saturated heterocycles. The van der Waals surface area contributed by atoms with Crippen LogP contribution in [0.4, 0.5) is 5.69 Å². The SMILES string of the molecule is CN(Cc1ccco1)C(=O)COC(=O)CNC(=O)c1ccc(N2CCCC2=O)cc1. The summed E-state index contributed by atoms with van der Waals surface area (Å²) in [4.78, 5) is 50.8. The predicted octanol–water partition coefficient (Wildman–Crippen LogP) is 1.34. The molecule has 9 heteroatoms. The first kappa shape index (κ1) is 21.1. The molecule has 3 amide bonds. The van der Waals surface area contributed by atoms with Gasteiger partial charge in [-0.25, -0.2) is 0 Å². The summed E-state index contributed by atoms with van der Waals surface area (Å²) < 4.78 is 10.1. The first-order valence-corrected chi connectivity index (χ1v) is 9.54. The van der Waals surface area contributed by atoms with Crippen molar-refractivity contribution in [3.63, 3.8) is 0 Å². The zero-order valence-corrected chi connectivity index (χ0v) is 16.6. The average molecular weight is 413 g/mol. The molecule has 0 saturated carbocycles. The van der Waals surface area contributed by atoms with Gasteiger partial charge in [0.1, 0.15) is 12.3 Å². The van der Waals surface area contributed by atoms with Crippen molar-refractivity contribution in [1.82, 2.24) is 10.2 Å². The fraction of sp³-hybridized carbons (Fsp3) is 0.333. The Balaban J connectivity index is 1.40. The quantitative estimate of drug-likeness (QED) is 0.654. The minimum Gasteiger partial charge on any atom is -0.467 e. The van der Waals surface area contributed by atoms with Gasteiger partial charge < -0.3 is 24.3 Å². The van der Waals surface area contributed by atoms with E-state index in [0.717, 1.165) is 12.1 Å². The predicted molar refractivity (Wildman–Crippen MR) is 107 cm³/mol. The first-order chi connectivity index (χ1) is 14.4. The van der Waals surface area contributed by atoms with Crippen molar-refractivity contribution in [1.29, 1.82) is 0 Å². The van der Waals surface area contributed by atoms with E-state index in [1.54, 1.807) is 48.3 Å². The van der Waals surface area contributed by atoms with Gasteiger partial charge in [-0.3, -0.25) is 19.2 Å². The number of hydrogen-bond donors (Lipinski definition) is 1. The molecular weight excluding hydrogens is 390 g/mol. The minimum absolute atomic E-state index is 0.0688. The van der Waals surface area contributed by atoms with E-state index in [1.807, 2.05) is 0 Å². The molecule has 1 N–H and O–H groups in total. The van der Waals surface area contributed by atoms with Crippen LogP contribution in [0.3, 0.4) is 0 Å². The smallest absolute Gasteiger partial charge is 0.325 e. The number of rotatable bonds is 8. The van der Waals surface area contributed by atoms with Crippen molar-refractivity contribution in [2.75, 3.05) is 31.6 Å². The lowest BCUT2D eigenvalue weighted by Gasteiger charge is -2.16. The van der Waals surface area contributed by atoms with Crippen LogP contribution in [0.2, 0.25) is 0 Å². The number of carbonyl (C=O) groups excluding carboxylic acids is 4. The monoisotopic (exact) mass is 413 g/mol. The van der Waals surface area contributed by atoms with E-state index in [9.17, 15) is 19.2 Å². The van der Waals surface area contributed by atoms with E-state index in [-0.39, 0.29) is 19.0 Å². The summed E-state index contributed by atoms with van der Waals surface area (Å²) in [6, 6.07) is 10.0. The maximum atomic E-state index is 12.2. The van der Waals surface area contributed by atoms with Crippen LogP contribution in [-0.2, 0) is 25.7 Å². The van der Waals surface area contributed by atoms with Gasteiger partial charge >= 0.3 is 5.97 Å². The van der Waals surface area contributed by atoms with E-state index in [4.69, 9.17) is 9.15 Å². The van der Waals surface area contributed by atoms with Gasteiger partial charge in [0.15, 0.2) is 6.61 Å². The van der Waals surface area contributed by atoms with Crippen molar-refractivity contribution in [2.24, 2.45) is 0 Å². The molecule has 1 fully saturated rings. The molecule has 1 aliphatic heterocycles. The average Bonchev–Trinajstić information content (AvgIpc) is 3.41. The highest BCUT2D eigenvalue weighted by Crippen LogP contribution is 2.21. The largest absolute Gasteiger partial charge is 0.467 e. The summed E-state index contributed by atoms with van der Waals surface area (Å²) in [7, 11) is 1.57. The van der Waals surface area contributed by atoms with Crippen LogP contribution < -0.4 is 10.2 Å². The van der Waals surface area contributed by atoms with Crippen LogP contribution in [0.25, 0.3) is 0 Å². The molecule has 1 aromatic carbocycles. The van der Waals surface area contributed by atoms with Gasteiger partial charge in [0.25, 0.3) is 11.8 Å². The maximum Gasteiger partial charge on any atom is 0.325 e. The molecule has 0 unspecified atom stereocenters. The van der Waals surface area contributed by atoms with Gasteiger partial charge in [-0.05, 0) is 42.8 Å². The number of likely N-dealkylation sites (N-methyl/N-ethyl adjacent to an activating group) is 1. The number of furan rings is 1. The Hall–Kier alpha value is -3.62. The van der Waals surface area contributed by atoms with Gasteiger partial charge in [-0.2, -0.15) is 0 Å². The molecular formula is C21H23N3O6. The normalized spacial score (nSPS) is 13.2. The Labute approximate surface area is 173 Å². The second-order valence-corrected chi connectivity index (χ2v) is 6.87. The third-order valence-electron chi connectivity index (χ3n) is 4.66. The van der Waals surface area contributed by atoms with Gasteiger partial charge in [0, 0.05) is 31.3 Å². The maximum absolute atomic E-state index is 12.2. The molecule has 2 heterocycles. The van der Waals surface area contributed by atoms with E-state index in [2.05, 4.69) is 5.32 Å². The molecule has 2 aromatic rings. The van der Waals surface area contributed by atoms with E-state index in [0.29, 0.717) is 24.3 Å². The zero-order valence-electron chi connectivity index (χ0n) is 16.6. The van der Waals surface area contributed by atoms with Crippen LogP contribution in [0.15, 0.2) is 47.1 Å². The first-order valence-electron chi connectivity index (χ1n) is 9.54. The lowest BCUT2D eigenvalue weighted by molar-refractivity contribution is -0.150. The lowest BCUT2D eigenvalue weighted by atomic mass is 10.2. The molecule has 1 aromatic heterocycles. The molecule has 0 spiro atoms. The topological polar surface area (TPSA) is 109 Å². The van der Waals surface area contributed by atoms with Crippen molar-refractivity contribution in [3.05, 3.63) is 54.0 Å². The summed E-state index contributed by atoms with van der Waals surface area (Å²) in [6.45, 7) is 0.148. The summed E-state index contributed by atoms with van der Waals surface area (Å²) in [5, 5.41) is 2.45. The highest BCUT2D eigenvalue weighted by Gasteiger charge is 2.21. The Kier molecular flexibility index (Phi) is 6.84. The number of benzene rings is 1. The van der Waals surface area contributed by atoms with E-state index in [1.165, 1.54) is 11.2 Å². The highest BCUT2D eigenvalue weighted by atomic mass is 16.5. The highest BCUT2D eigenvalue weighted by molar-refractivity contribution is 5.98. The van der Waals surface area contributed by atoms with Gasteiger partial charge in [-0.15, -0.1) is 0 Å². The standard InChI is InChI=1S/C21H23N3O6/c1-23(13-17-4-3-11-29-17)19(26)14-30-20(27)12-22-21(28)15-6-8-16(9-7-15)24-10-2-5-18(24)25/h3-4,6-9,11H,2,5,10,12-14H2,1H3,(H,22,28). The Morgan fingerprint density at radius 1 is 1.20 bits per heavy atom. The summed E-state index contributed by atoms with van der Waals surface area (Å²) in [5.74, 6) is -0.878. The fourth-order valence-electron chi connectivity index (χ4n) is 3.00. The number of hydrogen-bond acceptors (Lipinski definition) is 6. The lowest BCUT2D eigenvalue weighted by Crippen LogP contribution is -2.34. The molecule has 0 atom stereocenters. The number of nitrogens with one attached hydrogen (secondary N) is 1. The minimum atomic E-state index is -0.720.